The molecule has 6 nitrogen and oxygen atoms in total. The third-order valence-corrected chi connectivity index (χ3v) is 4.27. The molecule has 1 fully saturated rings. The van der Waals surface area contributed by atoms with Gasteiger partial charge in [-0.05, 0) is 36.4 Å². The standard InChI is InChI=1S/C18H22N4O2/c1-21(14-5-7-15(23)8-6-14)17(16-4-2-3-9-20-16)18(24)22-12-10-19-11-13-22/h2-9,17,19,23H,10-13H2,1H3. The third kappa shape index (κ3) is 3.49. The maximum absolute atomic E-state index is 13.1. The highest BCUT2D eigenvalue weighted by atomic mass is 16.3. The first-order valence-corrected chi connectivity index (χ1v) is 8.09. The molecule has 1 aliphatic rings. The van der Waals surface area contributed by atoms with Gasteiger partial charge < -0.3 is 20.2 Å². The summed E-state index contributed by atoms with van der Waals surface area (Å²) in [5.74, 6) is 0.251. The zero-order valence-corrected chi connectivity index (χ0v) is 13.7. The van der Waals surface area contributed by atoms with E-state index in [4.69, 9.17) is 0 Å². The fourth-order valence-electron chi connectivity index (χ4n) is 2.92. The highest BCUT2D eigenvalue weighted by Crippen LogP contribution is 2.27. The SMILES string of the molecule is CN(c1ccc(O)cc1)C(C(=O)N1CCNCC1)c1ccccn1. The third-order valence-electron chi connectivity index (χ3n) is 4.27. The number of aromatic hydroxyl groups is 1. The van der Waals surface area contributed by atoms with E-state index in [2.05, 4.69) is 10.3 Å². The van der Waals surface area contributed by atoms with Gasteiger partial charge in [-0.15, -0.1) is 0 Å². The Hall–Kier alpha value is -2.60. The molecule has 0 spiro atoms. The van der Waals surface area contributed by atoms with E-state index in [-0.39, 0.29) is 11.7 Å². The zero-order valence-electron chi connectivity index (χ0n) is 13.7. The van der Waals surface area contributed by atoms with Crippen LogP contribution in [0.1, 0.15) is 11.7 Å². The number of hydrogen-bond donors (Lipinski definition) is 2. The molecule has 3 rings (SSSR count). The summed E-state index contributed by atoms with van der Waals surface area (Å²) < 4.78 is 0. The summed E-state index contributed by atoms with van der Waals surface area (Å²) >= 11 is 0. The fourth-order valence-corrected chi connectivity index (χ4v) is 2.92. The van der Waals surface area contributed by atoms with Crippen molar-refractivity contribution in [3.8, 4) is 5.75 Å². The largest absolute Gasteiger partial charge is 0.508 e. The lowest BCUT2D eigenvalue weighted by Gasteiger charge is -2.35. The van der Waals surface area contributed by atoms with Crippen molar-refractivity contribution in [1.82, 2.24) is 15.2 Å². The first-order valence-electron chi connectivity index (χ1n) is 8.09. The van der Waals surface area contributed by atoms with Crippen LogP contribution in [0.4, 0.5) is 5.69 Å². The number of nitrogens with zero attached hydrogens (tertiary/aromatic N) is 3. The van der Waals surface area contributed by atoms with E-state index < -0.39 is 6.04 Å². The number of phenolic OH excluding ortho intramolecular Hbond substituents is 1. The van der Waals surface area contributed by atoms with Crippen molar-refractivity contribution in [3.63, 3.8) is 0 Å². The topological polar surface area (TPSA) is 68.7 Å². The summed E-state index contributed by atoms with van der Waals surface area (Å²) in [5.41, 5.74) is 1.57. The Morgan fingerprint density at radius 3 is 2.54 bits per heavy atom. The Bertz CT molecular complexity index is 669. The van der Waals surface area contributed by atoms with E-state index in [9.17, 15) is 9.90 Å². The number of amides is 1. The molecule has 24 heavy (non-hydrogen) atoms. The lowest BCUT2D eigenvalue weighted by molar-refractivity contribution is -0.133. The van der Waals surface area contributed by atoms with Crippen molar-refractivity contribution in [2.45, 2.75) is 6.04 Å². The number of nitrogens with one attached hydrogen (secondary N) is 1. The summed E-state index contributed by atoms with van der Waals surface area (Å²) in [6.45, 7) is 3.02. The number of likely N-dealkylation sites (N-methyl/N-ethyl adjacent to an activating group) is 1. The number of benzene rings is 1. The Labute approximate surface area is 141 Å². The smallest absolute Gasteiger partial charge is 0.251 e. The minimum absolute atomic E-state index is 0.0470. The average molecular weight is 326 g/mol. The highest BCUT2D eigenvalue weighted by molar-refractivity contribution is 5.86. The van der Waals surface area contributed by atoms with Crippen LogP contribution in [0.3, 0.4) is 0 Å². The number of pyridine rings is 1. The maximum atomic E-state index is 13.1. The fraction of sp³-hybridized carbons (Fsp3) is 0.333. The van der Waals surface area contributed by atoms with Crippen LogP contribution in [0.15, 0.2) is 48.7 Å². The van der Waals surface area contributed by atoms with Gasteiger partial charge in [0.2, 0.25) is 0 Å². The Morgan fingerprint density at radius 2 is 1.92 bits per heavy atom. The molecule has 1 unspecified atom stereocenters. The van der Waals surface area contributed by atoms with Crippen LogP contribution in [0.5, 0.6) is 5.75 Å². The molecule has 1 amide bonds. The Kier molecular flexibility index (Phi) is 4.96. The van der Waals surface area contributed by atoms with Crippen molar-refractivity contribution in [1.29, 1.82) is 0 Å². The van der Waals surface area contributed by atoms with Crippen LogP contribution < -0.4 is 10.2 Å². The van der Waals surface area contributed by atoms with E-state index >= 15 is 0 Å². The molecule has 2 N–H and O–H groups in total. The predicted molar refractivity (Wildman–Crippen MR) is 92.9 cm³/mol. The number of hydrogen-bond acceptors (Lipinski definition) is 5. The Balaban J connectivity index is 1.92. The molecule has 0 bridgehead atoms. The van der Waals surface area contributed by atoms with Crippen LogP contribution in [-0.4, -0.2) is 54.1 Å². The van der Waals surface area contributed by atoms with E-state index in [0.717, 1.165) is 24.5 Å². The van der Waals surface area contributed by atoms with Gasteiger partial charge >= 0.3 is 0 Å². The molecule has 0 aliphatic carbocycles. The molecule has 1 atom stereocenters. The van der Waals surface area contributed by atoms with Gasteiger partial charge in [-0.1, -0.05) is 6.07 Å². The van der Waals surface area contributed by atoms with E-state index in [0.29, 0.717) is 13.1 Å². The molecule has 1 saturated heterocycles. The van der Waals surface area contributed by atoms with Gasteiger partial charge in [-0.2, -0.15) is 0 Å². The lowest BCUT2D eigenvalue weighted by Crippen LogP contribution is -2.50. The van der Waals surface area contributed by atoms with Gasteiger partial charge in [-0.25, -0.2) is 0 Å². The molecular weight excluding hydrogens is 304 g/mol. The molecule has 2 aromatic rings. The maximum Gasteiger partial charge on any atom is 0.251 e. The monoisotopic (exact) mass is 326 g/mol. The Morgan fingerprint density at radius 1 is 1.21 bits per heavy atom. The van der Waals surface area contributed by atoms with Crippen molar-refractivity contribution in [2.75, 3.05) is 38.1 Å². The second-order valence-electron chi connectivity index (χ2n) is 5.86. The number of aromatic nitrogens is 1. The summed E-state index contributed by atoms with van der Waals surface area (Å²) in [6.07, 6.45) is 1.71. The molecule has 2 heterocycles. The van der Waals surface area contributed by atoms with Gasteiger partial charge in [0.25, 0.3) is 5.91 Å². The molecule has 0 saturated carbocycles. The van der Waals surface area contributed by atoms with Crippen LogP contribution in [-0.2, 0) is 4.79 Å². The molecule has 6 heteroatoms. The van der Waals surface area contributed by atoms with Crippen molar-refractivity contribution < 1.29 is 9.90 Å². The summed E-state index contributed by atoms with van der Waals surface area (Å²) in [4.78, 5) is 21.3. The van der Waals surface area contributed by atoms with Crippen LogP contribution in [0.25, 0.3) is 0 Å². The number of anilines is 1. The molecular formula is C18H22N4O2. The van der Waals surface area contributed by atoms with Gasteiger partial charge in [0, 0.05) is 45.1 Å². The van der Waals surface area contributed by atoms with E-state index in [1.807, 2.05) is 35.0 Å². The van der Waals surface area contributed by atoms with Gasteiger partial charge in [0.05, 0.1) is 5.69 Å². The second-order valence-corrected chi connectivity index (χ2v) is 5.86. The number of phenols is 1. The quantitative estimate of drug-likeness (QED) is 0.889. The second kappa shape index (κ2) is 7.31. The molecule has 1 aromatic carbocycles. The number of rotatable bonds is 4. The van der Waals surface area contributed by atoms with E-state index in [1.165, 1.54) is 0 Å². The van der Waals surface area contributed by atoms with E-state index in [1.54, 1.807) is 30.5 Å². The summed E-state index contributed by atoms with van der Waals surface area (Å²) in [6, 6.07) is 12.0. The van der Waals surface area contributed by atoms with Gasteiger partial charge in [0.15, 0.2) is 6.04 Å². The number of carbonyl (C=O) groups excluding carboxylic acids is 1. The van der Waals surface area contributed by atoms with Gasteiger partial charge in [-0.3, -0.25) is 9.78 Å². The molecule has 1 aromatic heterocycles. The lowest BCUT2D eigenvalue weighted by atomic mass is 10.1. The predicted octanol–water partition coefficient (Wildman–Crippen LogP) is 1.40. The minimum Gasteiger partial charge on any atom is -0.508 e. The van der Waals surface area contributed by atoms with Crippen LogP contribution >= 0.6 is 0 Å². The summed E-state index contributed by atoms with van der Waals surface area (Å²) in [5, 5.41) is 12.8. The minimum atomic E-state index is -0.492. The highest BCUT2D eigenvalue weighted by Gasteiger charge is 2.31. The van der Waals surface area contributed by atoms with Crippen LogP contribution in [0, 0.1) is 0 Å². The zero-order chi connectivity index (χ0) is 16.9. The van der Waals surface area contributed by atoms with Crippen LogP contribution in [0.2, 0.25) is 0 Å². The van der Waals surface area contributed by atoms with Crippen molar-refractivity contribution >= 4 is 11.6 Å². The van der Waals surface area contributed by atoms with Crippen molar-refractivity contribution in [2.24, 2.45) is 0 Å². The average Bonchev–Trinajstić information content (AvgIpc) is 2.64. The summed E-state index contributed by atoms with van der Waals surface area (Å²) in [7, 11) is 1.88. The molecule has 1 aliphatic heterocycles. The normalized spacial score (nSPS) is 15.8. The molecule has 126 valence electrons. The first-order chi connectivity index (χ1) is 11.7. The number of piperazine rings is 1. The van der Waals surface area contributed by atoms with Gasteiger partial charge in [0.1, 0.15) is 5.75 Å². The van der Waals surface area contributed by atoms with Crippen molar-refractivity contribution in [3.05, 3.63) is 54.4 Å². The molecule has 0 radical (unpaired) electrons. The number of carbonyl (C=O) groups is 1. The first kappa shape index (κ1) is 16.3.